The number of nitrogens with zero attached hydrogens (tertiary/aromatic N) is 1. The van der Waals surface area contributed by atoms with Crippen molar-refractivity contribution in [2.45, 2.75) is 72.6 Å². The predicted molar refractivity (Wildman–Crippen MR) is 94.8 cm³/mol. The van der Waals surface area contributed by atoms with E-state index in [1.54, 1.807) is 0 Å². The molecule has 21 heavy (non-hydrogen) atoms. The van der Waals surface area contributed by atoms with Crippen LogP contribution in [0.4, 0.5) is 0 Å². The molecule has 1 aliphatic carbocycles. The van der Waals surface area contributed by atoms with Gasteiger partial charge in [0.05, 0.1) is 0 Å². The van der Waals surface area contributed by atoms with E-state index in [-0.39, 0.29) is 0 Å². The van der Waals surface area contributed by atoms with Gasteiger partial charge in [-0.15, -0.1) is 0 Å². The van der Waals surface area contributed by atoms with Gasteiger partial charge in [-0.05, 0) is 30.7 Å². The lowest BCUT2D eigenvalue weighted by Crippen LogP contribution is -2.44. The van der Waals surface area contributed by atoms with Crippen LogP contribution in [-0.2, 0) is 0 Å². The minimum atomic E-state index is 0.903. The Kier molecular flexibility index (Phi) is 10.4. The third kappa shape index (κ3) is 8.83. The first-order valence-electron chi connectivity index (χ1n) is 9.56. The van der Waals surface area contributed by atoms with Crippen LogP contribution >= 0.6 is 0 Å². The molecule has 2 heteroatoms. The molecule has 2 fully saturated rings. The van der Waals surface area contributed by atoms with Gasteiger partial charge in [0.1, 0.15) is 0 Å². The molecule has 1 aliphatic heterocycles. The van der Waals surface area contributed by atoms with Gasteiger partial charge in [0.25, 0.3) is 0 Å². The first-order chi connectivity index (χ1) is 10.1. The average molecular weight is 297 g/mol. The Balaban J connectivity index is 0.000000219. The zero-order valence-electron chi connectivity index (χ0n) is 15.2. The Bertz CT molecular complexity index is 228. The summed E-state index contributed by atoms with van der Waals surface area (Å²) in [6.45, 7) is 15.5. The van der Waals surface area contributed by atoms with Crippen LogP contribution in [-0.4, -0.2) is 37.6 Å². The third-order valence-electron chi connectivity index (χ3n) is 5.44. The summed E-state index contributed by atoms with van der Waals surface area (Å²) in [6, 6.07) is 0. The third-order valence-corrected chi connectivity index (χ3v) is 5.44. The van der Waals surface area contributed by atoms with Crippen molar-refractivity contribution >= 4 is 0 Å². The summed E-state index contributed by atoms with van der Waals surface area (Å²) in [7, 11) is 0. The van der Waals surface area contributed by atoms with E-state index >= 15 is 0 Å². The van der Waals surface area contributed by atoms with Crippen molar-refractivity contribution in [2.75, 3.05) is 32.7 Å². The summed E-state index contributed by atoms with van der Waals surface area (Å²) in [6.07, 6.45) is 10.2. The van der Waals surface area contributed by atoms with Gasteiger partial charge in [0.15, 0.2) is 0 Å². The van der Waals surface area contributed by atoms with E-state index in [0.29, 0.717) is 0 Å². The van der Waals surface area contributed by atoms with E-state index in [2.05, 4.69) is 37.9 Å². The second-order valence-electron chi connectivity index (χ2n) is 7.54. The van der Waals surface area contributed by atoms with Crippen LogP contribution in [0.5, 0.6) is 0 Å². The van der Waals surface area contributed by atoms with E-state index in [9.17, 15) is 0 Å². The van der Waals surface area contributed by atoms with Crippen molar-refractivity contribution in [3.63, 3.8) is 0 Å². The average Bonchev–Trinajstić information content (AvgIpc) is 2.55. The molecule has 0 radical (unpaired) electrons. The molecule has 0 aromatic carbocycles. The van der Waals surface area contributed by atoms with Crippen LogP contribution in [0.3, 0.4) is 0 Å². The lowest BCUT2D eigenvalue weighted by atomic mass is 9.82. The Morgan fingerprint density at radius 3 is 2.10 bits per heavy atom. The number of piperazine rings is 1. The van der Waals surface area contributed by atoms with Crippen molar-refractivity contribution in [1.29, 1.82) is 0 Å². The van der Waals surface area contributed by atoms with Crippen molar-refractivity contribution < 1.29 is 0 Å². The maximum Gasteiger partial charge on any atom is 0.0107 e. The molecule has 1 N–H and O–H groups in total. The van der Waals surface area contributed by atoms with E-state index in [1.165, 1.54) is 77.7 Å². The molecular weight excluding hydrogens is 256 g/mol. The molecule has 1 saturated heterocycles. The van der Waals surface area contributed by atoms with Crippen LogP contribution < -0.4 is 5.32 Å². The number of hydrogen-bond acceptors (Lipinski definition) is 2. The summed E-state index contributed by atoms with van der Waals surface area (Å²) < 4.78 is 0. The Labute approximate surface area is 134 Å². The van der Waals surface area contributed by atoms with Crippen LogP contribution in [0.1, 0.15) is 72.6 Å². The number of nitrogens with one attached hydrogen (secondary N) is 1. The van der Waals surface area contributed by atoms with E-state index in [0.717, 1.165) is 17.8 Å². The highest BCUT2D eigenvalue weighted by Crippen LogP contribution is 2.29. The zero-order chi connectivity index (χ0) is 15.5. The molecule has 0 spiro atoms. The van der Waals surface area contributed by atoms with Gasteiger partial charge >= 0.3 is 0 Å². The first-order valence-corrected chi connectivity index (χ1v) is 9.56. The summed E-state index contributed by atoms with van der Waals surface area (Å²) in [5, 5.41) is 3.37. The Morgan fingerprint density at radius 2 is 1.62 bits per heavy atom. The maximum absolute atomic E-state index is 3.37. The Hall–Kier alpha value is -0.0800. The van der Waals surface area contributed by atoms with Crippen molar-refractivity contribution in [2.24, 2.45) is 17.8 Å². The summed E-state index contributed by atoms with van der Waals surface area (Å²) in [4.78, 5) is 2.57. The number of rotatable bonds is 5. The maximum atomic E-state index is 3.37. The largest absolute Gasteiger partial charge is 0.314 e. The summed E-state index contributed by atoms with van der Waals surface area (Å²) in [5.41, 5.74) is 0. The fourth-order valence-corrected chi connectivity index (χ4v) is 3.34. The zero-order valence-corrected chi connectivity index (χ0v) is 15.2. The molecular formula is C19H40N2. The minimum absolute atomic E-state index is 0.903. The highest BCUT2D eigenvalue weighted by molar-refractivity contribution is 4.68. The minimum Gasteiger partial charge on any atom is -0.314 e. The second-order valence-corrected chi connectivity index (χ2v) is 7.54. The van der Waals surface area contributed by atoms with Crippen LogP contribution in [0, 0.1) is 17.8 Å². The molecule has 126 valence electrons. The quantitative estimate of drug-likeness (QED) is 0.800. The molecule has 1 atom stereocenters. The van der Waals surface area contributed by atoms with Crippen molar-refractivity contribution in [3.05, 3.63) is 0 Å². The molecule has 0 aromatic rings. The fourth-order valence-electron chi connectivity index (χ4n) is 3.34. The van der Waals surface area contributed by atoms with Gasteiger partial charge in [-0.25, -0.2) is 0 Å². The topological polar surface area (TPSA) is 15.3 Å². The Morgan fingerprint density at radius 1 is 1.00 bits per heavy atom. The van der Waals surface area contributed by atoms with Gasteiger partial charge in [-0.3, -0.25) is 0 Å². The molecule has 1 heterocycles. The molecule has 2 nitrogen and oxygen atoms in total. The molecule has 1 unspecified atom stereocenters. The first kappa shape index (κ1) is 19.0. The summed E-state index contributed by atoms with van der Waals surface area (Å²) >= 11 is 0. The van der Waals surface area contributed by atoms with Gasteiger partial charge in [-0.1, -0.05) is 66.2 Å². The highest BCUT2D eigenvalue weighted by Gasteiger charge is 2.15. The van der Waals surface area contributed by atoms with Crippen LogP contribution in [0.2, 0.25) is 0 Å². The summed E-state index contributed by atoms with van der Waals surface area (Å²) in [5.74, 6) is 2.89. The van der Waals surface area contributed by atoms with E-state index in [1.807, 2.05) is 0 Å². The molecule has 0 aromatic heterocycles. The molecule has 0 amide bonds. The predicted octanol–water partition coefficient (Wildman–Crippen LogP) is 4.55. The lowest BCUT2D eigenvalue weighted by Gasteiger charge is -2.27. The number of hydrogen-bond donors (Lipinski definition) is 1. The SMILES string of the molecule is CC(C)C1CCCCC1.CCC(C)CCN1CCNCC1. The van der Waals surface area contributed by atoms with Crippen LogP contribution in [0.25, 0.3) is 0 Å². The smallest absolute Gasteiger partial charge is 0.0107 e. The molecule has 0 bridgehead atoms. The fraction of sp³-hybridized carbons (Fsp3) is 1.00. The standard InChI is InChI=1S/C10H22N2.C9H18/c1-3-10(2)4-7-12-8-5-11-6-9-12;1-8(2)9-6-4-3-5-7-9/h10-11H,3-9H2,1-2H3;8-9H,3-7H2,1-2H3. The van der Waals surface area contributed by atoms with Gasteiger partial charge in [0.2, 0.25) is 0 Å². The van der Waals surface area contributed by atoms with Crippen LogP contribution in [0.15, 0.2) is 0 Å². The van der Waals surface area contributed by atoms with Crippen molar-refractivity contribution in [3.8, 4) is 0 Å². The molecule has 2 rings (SSSR count). The second kappa shape index (κ2) is 11.5. The molecule has 1 saturated carbocycles. The van der Waals surface area contributed by atoms with Gasteiger partial charge in [0, 0.05) is 26.2 Å². The lowest BCUT2D eigenvalue weighted by molar-refractivity contribution is 0.225. The normalized spacial score (nSPS) is 22.7. The van der Waals surface area contributed by atoms with Gasteiger partial charge < -0.3 is 10.2 Å². The molecule has 2 aliphatic rings. The highest BCUT2D eigenvalue weighted by atomic mass is 15.2. The van der Waals surface area contributed by atoms with Crippen molar-refractivity contribution in [1.82, 2.24) is 10.2 Å². The van der Waals surface area contributed by atoms with E-state index in [4.69, 9.17) is 0 Å². The van der Waals surface area contributed by atoms with E-state index < -0.39 is 0 Å². The van der Waals surface area contributed by atoms with Gasteiger partial charge in [-0.2, -0.15) is 0 Å². The monoisotopic (exact) mass is 296 g/mol.